The molecule has 0 spiro atoms. The highest BCUT2D eigenvalue weighted by atomic mass is 35.5. The maximum absolute atomic E-state index is 11.1. The minimum Gasteiger partial charge on any atom is -0.490 e. The summed E-state index contributed by atoms with van der Waals surface area (Å²) in [6.45, 7) is 1.96. The average molecular weight is 371 g/mol. The molecule has 0 saturated heterocycles. The van der Waals surface area contributed by atoms with Crippen molar-refractivity contribution in [2.24, 2.45) is 0 Å². The molecule has 2 aromatic rings. The van der Waals surface area contributed by atoms with Gasteiger partial charge in [0.15, 0.2) is 11.5 Å². The predicted octanol–water partition coefficient (Wildman–Crippen LogP) is 4.27. The van der Waals surface area contributed by atoms with E-state index in [4.69, 9.17) is 25.3 Å². The van der Waals surface area contributed by atoms with Gasteiger partial charge in [-0.3, -0.25) is 4.18 Å². The van der Waals surface area contributed by atoms with Gasteiger partial charge in [0.1, 0.15) is 5.75 Å². The Bertz CT molecular complexity index is 762. The van der Waals surface area contributed by atoms with Crippen molar-refractivity contribution in [2.45, 2.75) is 19.4 Å². The van der Waals surface area contributed by atoms with Crippen LogP contribution in [0.15, 0.2) is 48.5 Å². The van der Waals surface area contributed by atoms with E-state index in [1.807, 2.05) is 30.3 Å². The van der Waals surface area contributed by atoms with Crippen molar-refractivity contribution >= 4 is 21.7 Å². The second-order valence-corrected chi connectivity index (χ2v) is 7.29. The summed E-state index contributed by atoms with van der Waals surface area (Å²) in [6.07, 6.45) is 0.973. The van der Waals surface area contributed by atoms with Gasteiger partial charge in [-0.1, -0.05) is 29.8 Å². The summed E-state index contributed by atoms with van der Waals surface area (Å²) in [6, 6.07) is 14.4. The molecular formula is C17H19ClO5S. The highest BCUT2D eigenvalue weighted by molar-refractivity contribution is 7.86. The zero-order valence-corrected chi connectivity index (χ0v) is 15.0. The second kappa shape index (κ2) is 8.37. The smallest absolute Gasteiger partial charge is 0.264 e. The van der Waals surface area contributed by atoms with E-state index in [1.54, 1.807) is 25.1 Å². The largest absolute Gasteiger partial charge is 0.490 e. The maximum atomic E-state index is 11.1. The highest BCUT2D eigenvalue weighted by Gasteiger charge is 2.12. The second-order valence-electron chi connectivity index (χ2n) is 5.25. The van der Waals surface area contributed by atoms with E-state index in [-0.39, 0.29) is 6.61 Å². The molecule has 0 aliphatic rings. The van der Waals surface area contributed by atoms with Crippen LogP contribution < -0.4 is 9.47 Å². The molecule has 0 aliphatic heterocycles. The van der Waals surface area contributed by atoms with Crippen LogP contribution in [0, 0.1) is 0 Å². The van der Waals surface area contributed by atoms with Gasteiger partial charge in [0.2, 0.25) is 0 Å². The van der Waals surface area contributed by atoms with Crippen molar-refractivity contribution in [1.82, 2.24) is 0 Å². The fourth-order valence-electron chi connectivity index (χ4n) is 1.98. The van der Waals surface area contributed by atoms with Crippen LogP contribution in [0.2, 0.25) is 5.02 Å². The van der Waals surface area contributed by atoms with Crippen LogP contribution in [0.5, 0.6) is 17.2 Å². The third-order valence-corrected chi connectivity index (χ3v) is 3.91. The molecule has 0 unspecified atom stereocenters. The van der Waals surface area contributed by atoms with Gasteiger partial charge >= 0.3 is 0 Å². The monoisotopic (exact) mass is 370 g/mol. The van der Waals surface area contributed by atoms with Gasteiger partial charge in [-0.05, 0) is 31.2 Å². The van der Waals surface area contributed by atoms with Crippen LogP contribution in [0.4, 0.5) is 0 Å². The topological polar surface area (TPSA) is 61.8 Å². The normalized spacial score (nSPS) is 12.6. The Hall–Kier alpha value is -1.76. The van der Waals surface area contributed by atoms with Crippen molar-refractivity contribution in [1.29, 1.82) is 0 Å². The number of halogens is 1. The Kier molecular flexibility index (Phi) is 6.48. The zero-order chi connectivity index (χ0) is 17.6. The minimum atomic E-state index is -3.47. The van der Waals surface area contributed by atoms with Crippen molar-refractivity contribution in [3.8, 4) is 17.2 Å². The van der Waals surface area contributed by atoms with Crippen molar-refractivity contribution in [3.05, 3.63) is 53.6 Å². The van der Waals surface area contributed by atoms with Gasteiger partial charge in [-0.2, -0.15) is 8.42 Å². The molecule has 0 amide bonds. The zero-order valence-electron chi connectivity index (χ0n) is 13.4. The highest BCUT2D eigenvalue weighted by Crippen LogP contribution is 2.34. The third-order valence-electron chi connectivity index (χ3n) is 3.00. The Morgan fingerprint density at radius 1 is 1.08 bits per heavy atom. The standard InChI is InChI=1S/C17H19ClO5S/c1-13(23-24(2,19)20)10-11-21-16-9-8-14(18)12-17(16)22-15-6-4-3-5-7-15/h3-9,12-13H,10-11H2,1-2H3/t13-/m1/s1. The van der Waals surface area contributed by atoms with Crippen molar-refractivity contribution < 1.29 is 22.1 Å². The summed E-state index contributed by atoms with van der Waals surface area (Å²) < 4.78 is 38.5. The van der Waals surface area contributed by atoms with Crippen molar-refractivity contribution in [3.63, 3.8) is 0 Å². The Morgan fingerprint density at radius 2 is 1.79 bits per heavy atom. The number of ether oxygens (including phenoxy) is 2. The minimum absolute atomic E-state index is 0.281. The van der Waals surface area contributed by atoms with Crippen LogP contribution in [-0.4, -0.2) is 27.4 Å². The van der Waals surface area contributed by atoms with E-state index >= 15 is 0 Å². The molecule has 0 heterocycles. The van der Waals surface area contributed by atoms with Crippen LogP contribution in [-0.2, 0) is 14.3 Å². The van der Waals surface area contributed by atoms with E-state index in [1.165, 1.54) is 0 Å². The first kappa shape index (κ1) is 18.6. The molecule has 2 rings (SSSR count). The number of benzene rings is 2. The van der Waals surface area contributed by atoms with Crippen LogP contribution in [0.3, 0.4) is 0 Å². The molecule has 24 heavy (non-hydrogen) atoms. The number of para-hydroxylation sites is 1. The summed E-state index contributed by atoms with van der Waals surface area (Å²) in [7, 11) is -3.47. The SMILES string of the molecule is C[C@H](CCOc1ccc(Cl)cc1Oc1ccccc1)OS(C)(=O)=O. The Balaban J connectivity index is 2.00. The quantitative estimate of drug-likeness (QED) is 0.649. The van der Waals surface area contributed by atoms with Gasteiger partial charge in [-0.15, -0.1) is 0 Å². The van der Waals surface area contributed by atoms with E-state index in [9.17, 15) is 8.42 Å². The van der Waals surface area contributed by atoms with Crippen LogP contribution in [0.1, 0.15) is 13.3 Å². The molecule has 0 N–H and O–H groups in total. The Morgan fingerprint density at radius 3 is 2.46 bits per heavy atom. The molecule has 130 valence electrons. The fraction of sp³-hybridized carbons (Fsp3) is 0.294. The molecule has 0 saturated carbocycles. The summed E-state index contributed by atoms with van der Waals surface area (Å²) in [4.78, 5) is 0. The fourth-order valence-corrected chi connectivity index (χ4v) is 2.83. The third kappa shape index (κ3) is 6.39. The van der Waals surface area contributed by atoms with E-state index in [2.05, 4.69) is 0 Å². The first-order valence-electron chi connectivity index (χ1n) is 7.37. The first-order valence-corrected chi connectivity index (χ1v) is 9.56. The molecule has 0 aromatic heterocycles. The molecule has 0 bridgehead atoms. The Labute approximate surface area is 147 Å². The van der Waals surface area contributed by atoms with E-state index < -0.39 is 16.2 Å². The predicted molar refractivity (Wildman–Crippen MR) is 93.5 cm³/mol. The van der Waals surface area contributed by atoms with Crippen molar-refractivity contribution in [2.75, 3.05) is 12.9 Å². The lowest BCUT2D eigenvalue weighted by molar-refractivity contribution is 0.183. The van der Waals surface area contributed by atoms with Gasteiger partial charge in [0.05, 0.1) is 19.0 Å². The lowest BCUT2D eigenvalue weighted by atomic mass is 10.3. The van der Waals surface area contributed by atoms with Gasteiger partial charge in [0.25, 0.3) is 10.1 Å². The van der Waals surface area contributed by atoms with E-state index in [0.29, 0.717) is 28.7 Å². The first-order chi connectivity index (χ1) is 11.3. The van der Waals surface area contributed by atoms with Gasteiger partial charge in [-0.25, -0.2) is 0 Å². The van der Waals surface area contributed by atoms with Gasteiger partial charge in [0, 0.05) is 17.5 Å². The molecule has 0 radical (unpaired) electrons. The number of hydrogen-bond donors (Lipinski definition) is 0. The van der Waals surface area contributed by atoms with E-state index in [0.717, 1.165) is 6.26 Å². The lowest BCUT2D eigenvalue weighted by Gasteiger charge is -2.15. The van der Waals surface area contributed by atoms with Gasteiger partial charge < -0.3 is 9.47 Å². The van der Waals surface area contributed by atoms with Crippen LogP contribution in [0.25, 0.3) is 0 Å². The summed E-state index contributed by atoms with van der Waals surface area (Å²) in [5.41, 5.74) is 0. The summed E-state index contributed by atoms with van der Waals surface area (Å²) >= 11 is 6.02. The molecule has 0 fully saturated rings. The average Bonchev–Trinajstić information content (AvgIpc) is 2.49. The lowest BCUT2D eigenvalue weighted by Crippen LogP contribution is -2.17. The molecule has 2 aromatic carbocycles. The number of rotatable bonds is 8. The summed E-state index contributed by atoms with van der Waals surface area (Å²) in [5.74, 6) is 1.68. The maximum Gasteiger partial charge on any atom is 0.264 e. The molecule has 1 atom stereocenters. The summed E-state index contributed by atoms with van der Waals surface area (Å²) in [5, 5.41) is 0.530. The molecule has 7 heteroatoms. The number of hydrogen-bond acceptors (Lipinski definition) is 5. The molecular weight excluding hydrogens is 352 g/mol. The molecule has 0 aliphatic carbocycles. The molecule has 5 nitrogen and oxygen atoms in total. The van der Waals surface area contributed by atoms with Crippen LogP contribution >= 0.6 is 11.6 Å².